The van der Waals surface area contributed by atoms with Gasteiger partial charge in [0.25, 0.3) is 5.91 Å². The maximum absolute atomic E-state index is 11.9. The van der Waals surface area contributed by atoms with Crippen LogP contribution >= 0.6 is 23.2 Å². The molecule has 0 bridgehead atoms. The second kappa shape index (κ2) is 6.86. The van der Waals surface area contributed by atoms with E-state index in [-0.39, 0.29) is 17.3 Å². The van der Waals surface area contributed by atoms with Crippen LogP contribution in [-0.4, -0.2) is 32.2 Å². The van der Waals surface area contributed by atoms with Crippen LogP contribution in [0, 0.1) is 0 Å². The summed E-state index contributed by atoms with van der Waals surface area (Å²) in [6.45, 7) is -0.0415. The Bertz CT molecular complexity index is 939. The topological polar surface area (TPSA) is 92.4 Å². The fraction of sp³-hybridized carbons (Fsp3) is 0.0667. The molecular formula is C15H11Cl2N5O2. The van der Waals surface area contributed by atoms with Crippen LogP contribution in [0.5, 0.6) is 5.75 Å². The standard InChI is InChI=1S/C15H11Cl2N5O2/c16-10-5-9(15(24)11(17)6-10)7-18-20-14(23)8-22-13-4-2-1-3-12(13)19-21-22/h1-7,24H,8H2,(H,20,23)/b18-7+. The molecule has 0 atom stereocenters. The molecule has 7 nitrogen and oxygen atoms in total. The van der Waals surface area contributed by atoms with Crippen molar-refractivity contribution in [3.05, 3.63) is 52.0 Å². The quantitative estimate of drug-likeness (QED) is 0.550. The Kier molecular flexibility index (Phi) is 4.64. The molecule has 1 heterocycles. The number of nitrogens with zero attached hydrogens (tertiary/aromatic N) is 4. The number of para-hydroxylation sites is 1. The molecule has 0 spiro atoms. The molecule has 0 radical (unpaired) electrons. The number of halogens is 2. The molecule has 9 heteroatoms. The van der Waals surface area contributed by atoms with Gasteiger partial charge in [0.15, 0.2) is 0 Å². The minimum atomic E-state index is -0.394. The number of fused-ring (bicyclic) bond motifs is 1. The van der Waals surface area contributed by atoms with Crippen molar-refractivity contribution in [2.45, 2.75) is 6.54 Å². The minimum Gasteiger partial charge on any atom is -0.506 e. The average Bonchev–Trinajstić information content (AvgIpc) is 2.95. The lowest BCUT2D eigenvalue weighted by Crippen LogP contribution is -2.23. The molecule has 1 aromatic heterocycles. The smallest absolute Gasteiger partial charge is 0.261 e. The maximum Gasteiger partial charge on any atom is 0.261 e. The van der Waals surface area contributed by atoms with Crippen molar-refractivity contribution in [1.82, 2.24) is 20.4 Å². The van der Waals surface area contributed by atoms with Gasteiger partial charge < -0.3 is 5.11 Å². The lowest BCUT2D eigenvalue weighted by molar-refractivity contribution is -0.121. The molecular weight excluding hydrogens is 353 g/mol. The molecule has 0 unspecified atom stereocenters. The van der Waals surface area contributed by atoms with E-state index in [0.29, 0.717) is 16.1 Å². The number of nitrogens with one attached hydrogen (secondary N) is 1. The maximum atomic E-state index is 11.9. The van der Waals surface area contributed by atoms with Crippen LogP contribution in [0.2, 0.25) is 10.0 Å². The van der Waals surface area contributed by atoms with Crippen molar-refractivity contribution in [3.8, 4) is 5.75 Å². The van der Waals surface area contributed by atoms with E-state index in [1.54, 1.807) is 6.07 Å². The third kappa shape index (κ3) is 3.47. The van der Waals surface area contributed by atoms with Gasteiger partial charge >= 0.3 is 0 Å². The molecule has 2 N–H and O–H groups in total. The highest BCUT2D eigenvalue weighted by Crippen LogP contribution is 2.29. The van der Waals surface area contributed by atoms with E-state index in [4.69, 9.17) is 23.2 Å². The number of aromatic hydroxyl groups is 1. The van der Waals surface area contributed by atoms with Gasteiger partial charge in [0.1, 0.15) is 17.8 Å². The Morgan fingerprint density at radius 1 is 1.33 bits per heavy atom. The van der Waals surface area contributed by atoms with E-state index in [2.05, 4.69) is 20.8 Å². The number of carbonyl (C=O) groups is 1. The van der Waals surface area contributed by atoms with Gasteiger partial charge in [-0.1, -0.05) is 40.5 Å². The lowest BCUT2D eigenvalue weighted by atomic mass is 10.2. The molecule has 122 valence electrons. The van der Waals surface area contributed by atoms with Gasteiger partial charge in [-0.2, -0.15) is 5.10 Å². The molecule has 0 aliphatic carbocycles. The zero-order chi connectivity index (χ0) is 17.1. The number of hydrogen-bond acceptors (Lipinski definition) is 5. The number of carbonyl (C=O) groups excluding carboxylic acids is 1. The largest absolute Gasteiger partial charge is 0.506 e. The molecule has 0 saturated heterocycles. The predicted molar refractivity (Wildman–Crippen MR) is 91.4 cm³/mol. The number of benzene rings is 2. The lowest BCUT2D eigenvalue weighted by Gasteiger charge is -2.03. The molecule has 0 saturated carbocycles. The molecule has 1 amide bonds. The first-order chi connectivity index (χ1) is 11.5. The van der Waals surface area contributed by atoms with E-state index >= 15 is 0 Å². The summed E-state index contributed by atoms with van der Waals surface area (Å²) < 4.78 is 1.47. The Balaban J connectivity index is 1.68. The van der Waals surface area contributed by atoms with Crippen LogP contribution in [0.15, 0.2) is 41.5 Å². The normalized spacial score (nSPS) is 11.2. The first-order valence-electron chi connectivity index (χ1n) is 6.83. The van der Waals surface area contributed by atoms with Crippen LogP contribution in [-0.2, 0) is 11.3 Å². The van der Waals surface area contributed by atoms with Crippen LogP contribution < -0.4 is 5.43 Å². The summed E-state index contributed by atoms with van der Waals surface area (Å²) >= 11 is 11.7. The SMILES string of the molecule is O=C(Cn1nnc2ccccc21)N/N=C/c1cc(Cl)cc(Cl)c1O. The van der Waals surface area contributed by atoms with Crippen molar-refractivity contribution in [3.63, 3.8) is 0 Å². The van der Waals surface area contributed by atoms with E-state index in [1.807, 2.05) is 18.2 Å². The van der Waals surface area contributed by atoms with Gasteiger partial charge in [0.05, 0.1) is 16.8 Å². The number of phenolic OH excluding ortho intramolecular Hbond substituents is 1. The van der Waals surface area contributed by atoms with Crippen LogP contribution in [0.1, 0.15) is 5.56 Å². The third-order valence-electron chi connectivity index (χ3n) is 3.16. The third-order valence-corrected chi connectivity index (χ3v) is 3.67. The van der Waals surface area contributed by atoms with E-state index in [0.717, 1.165) is 5.52 Å². The highest BCUT2D eigenvalue weighted by molar-refractivity contribution is 6.36. The van der Waals surface area contributed by atoms with Crippen LogP contribution in [0.3, 0.4) is 0 Å². The highest BCUT2D eigenvalue weighted by Gasteiger charge is 2.08. The molecule has 0 aliphatic rings. The van der Waals surface area contributed by atoms with Gasteiger partial charge in [-0.15, -0.1) is 5.10 Å². The van der Waals surface area contributed by atoms with E-state index < -0.39 is 5.91 Å². The Labute approximate surface area is 146 Å². The summed E-state index contributed by atoms with van der Waals surface area (Å²) in [5.41, 5.74) is 4.08. The fourth-order valence-electron chi connectivity index (χ4n) is 2.06. The van der Waals surface area contributed by atoms with Crippen molar-refractivity contribution in [1.29, 1.82) is 0 Å². The predicted octanol–water partition coefficient (Wildman–Crippen LogP) is 2.59. The van der Waals surface area contributed by atoms with Crippen molar-refractivity contribution in [2.75, 3.05) is 0 Å². The number of phenols is 1. The molecule has 24 heavy (non-hydrogen) atoms. The van der Waals surface area contributed by atoms with Crippen LogP contribution in [0.25, 0.3) is 11.0 Å². The van der Waals surface area contributed by atoms with E-state index in [9.17, 15) is 9.90 Å². The number of amides is 1. The summed E-state index contributed by atoms with van der Waals surface area (Å²) in [6.07, 6.45) is 1.25. The fourth-order valence-corrected chi connectivity index (χ4v) is 2.57. The number of rotatable bonds is 4. The van der Waals surface area contributed by atoms with Gasteiger partial charge in [-0.05, 0) is 24.3 Å². The number of hydrazone groups is 1. The summed E-state index contributed by atoms with van der Waals surface area (Å²) in [4.78, 5) is 11.9. The highest BCUT2D eigenvalue weighted by atomic mass is 35.5. The monoisotopic (exact) mass is 363 g/mol. The number of hydrogen-bond donors (Lipinski definition) is 2. The Hall–Kier alpha value is -2.64. The first-order valence-corrected chi connectivity index (χ1v) is 7.58. The van der Waals surface area contributed by atoms with Crippen molar-refractivity contribution in [2.24, 2.45) is 5.10 Å². The zero-order valence-corrected chi connectivity index (χ0v) is 13.7. The minimum absolute atomic E-state index is 0.0415. The second-order valence-electron chi connectivity index (χ2n) is 4.85. The second-order valence-corrected chi connectivity index (χ2v) is 5.70. The number of aromatic nitrogens is 3. The summed E-state index contributed by atoms with van der Waals surface area (Å²) in [5, 5.41) is 21.9. The zero-order valence-electron chi connectivity index (χ0n) is 12.1. The molecule has 0 aliphatic heterocycles. The summed E-state index contributed by atoms with van der Waals surface area (Å²) in [5.74, 6) is -0.559. The molecule has 3 rings (SSSR count). The van der Waals surface area contributed by atoms with E-state index in [1.165, 1.54) is 23.0 Å². The summed E-state index contributed by atoms with van der Waals surface area (Å²) in [6, 6.07) is 10.2. The Morgan fingerprint density at radius 3 is 2.96 bits per heavy atom. The molecule has 0 fully saturated rings. The van der Waals surface area contributed by atoms with Gasteiger partial charge in [0.2, 0.25) is 0 Å². The van der Waals surface area contributed by atoms with Crippen molar-refractivity contribution >= 4 is 46.4 Å². The molecule has 3 aromatic rings. The van der Waals surface area contributed by atoms with Crippen LogP contribution in [0.4, 0.5) is 0 Å². The van der Waals surface area contributed by atoms with Crippen molar-refractivity contribution < 1.29 is 9.90 Å². The average molecular weight is 364 g/mol. The molecule has 2 aromatic carbocycles. The van der Waals surface area contributed by atoms with Gasteiger partial charge in [0, 0.05) is 10.6 Å². The first kappa shape index (κ1) is 16.2. The summed E-state index contributed by atoms with van der Waals surface area (Å²) in [7, 11) is 0. The Morgan fingerprint density at radius 2 is 2.12 bits per heavy atom. The van der Waals surface area contributed by atoms with Gasteiger partial charge in [-0.25, -0.2) is 10.1 Å². The van der Waals surface area contributed by atoms with Gasteiger partial charge in [-0.3, -0.25) is 4.79 Å².